The molecular formula is C13H22N2O2. The van der Waals surface area contributed by atoms with Gasteiger partial charge in [-0.1, -0.05) is 13.8 Å². The zero-order valence-electron chi connectivity index (χ0n) is 10.7. The lowest BCUT2D eigenvalue weighted by Gasteiger charge is -2.54. The molecule has 2 saturated heterocycles. The van der Waals surface area contributed by atoms with E-state index in [-0.39, 0.29) is 17.2 Å². The lowest BCUT2D eigenvalue weighted by molar-refractivity contribution is -0.140. The van der Waals surface area contributed by atoms with Crippen LogP contribution in [0.1, 0.15) is 26.7 Å². The molecule has 4 nitrogen and oxygen atoms in total. The Morgan fingerprint density at radius 1 is 1.41 bits per heavy atom. The van der Waals surface area contributed by atoms with E-state index in [4.69, 9.17) is 4.74 Å². The average Bonchev–Trinajstić information content (AvgIpc) is 2.95. The standard InChI is InChI=1S/C13H22N2O2/c1-13(2)10(9-4-6-17-11(9)13)15-12(16)8-3-5-14-7-8/h8-11,14H,3-7H2,1-2H3,(H,15,16). The first-order valence-corrected chi connectivity index (χ1v) is 6.73. The molecule has 4 unspecified atom stereocenters. The molecule has 0 aromatic heterocycles. The highest BCUT2D eigenvalue weighted by Gasteiger charge is 2.59. The highest BCUT2D eigenvalue weighted by atomic mass is 16.5. The normalized spacial score (nSPS) is 42.9. The van der Waals surface area contributed by atoms with Gasteiger partial charge in [-0.05, 0) is 19.4 Å². The third-order valence-corrected chi connectivity index (χ3v) is 4.83. The molecule has 2 aliphatic heterocycles. The van der Waals surface area contributed by atoms with Gasteiger partial charge in [-0.2, -0.15) is 0 Å². The second-order valence-corrected chi connectivity index (χ2v) is 6.24. The van der Waals surface area contributed by atoms with Crippen LogP contribution in [0.3, 0.4) is 0 Å². The number of nitrogens with one attached hydrogen (secondary N) is 2. The summed E-state index contributed by atoms with van der Waals surface area (Å²) in [7, 11) is 0. The fourth-order valence-electron chi connectivity index (χ4n) is 3.77. The van der Waals surface area contributed by atoms with E-state index in [2.05, 4.69) is 24.5 Å². The Kier molecular flexibility index (Phi) is 2.67. The molecule has 3 rings (SSSR count). The number of fused-ring (bicyclic) bond motifs is 1. The van der Waals surface area contributed by atoms with Crippen LogP contribution < -0.4 is 10.6 Å². The van der Waals surface area contributed by atoms with Crippen molar-refractivity contribution in [2.24, 2.45) is 17.3 Å². The molecule has 1 amide bonds. The van der Waals surface area contributed by atoms with Gasteiger partial charge in [0.15, 0.2) is 0 Å². The van der Waals surface area contributed by atoms with Crippen LogP contribution >= 0.6 is 0 Å². The van der Waals surface area contributed by atoms with Gasteiger partial charge in [-0.15, -0.1) is 0 Å². The summed E-state index contributed by atoms with van der Waals surface area (Å²) >= 11 is 0. The molecule has 0 spiro atoms. The van der Waals surface area contributed by atoms with E-state index >= 15 is 0 Å². The minimum Gasteiger partial charge on any atom is -0.377 e. The fourth-order valence-corrected chi connectivity index (χ4v) is 3.77. The van der Waals surface area contributed by atoms with Gasteiger partial charge in [-0.3, -0.25) is 4.79 Å². The van der Waals surface area contributed by atoms with Crippen molar-refractivity contribution in [3.63, 3.8) is 0 Å². The number of carbonyl (C=O) groups excluding carboxylic acids is 1. The van der Waals surface area contributed by atoms with Crippen molar-refractivity contribution in [1.82, 2.24) is 10.6 Å². The van der Waals surface area contributed by atoms with Gasteiger partial charge in [0.05, 0.1) is 12.0 Å². The van der Waals surface area contributed by atoms with Gasteiger partial charge in [0, 0.05) is 30.5 Å². The molecular weight excluding hydrogens is 216 g/mol. The Bertz CT molecular complexity index is 323. The Morgan fingerprint density at radius 2 is 2.24 bits per heavy atom. The summed E-state index contributed by atoms with van der Waals surface area (Å²) < 4.78 is 5.74. The van der Waals surface area contributed by atoms with Crippen molar-refractivity contribution >= 4 is 5.91 Å². The maximum absolute atomic E-state index is 12.1. The molecule has 2 heterocycles. The zero-order chi connectivity index (χ0) is 12.0. The monoisotopic (exact) mass is 238 g/mol. The maximum atomic E-state index is 12.1. The predicted octanol–water partition coefficient (Wildman–Crippen LogP) is 0.526. The SMILES string of the molecule is CC1(C)C(NC(=O)C2CCNC2)C2CCOC21. The van der Waals surface area contributed by atoms with Gasteiger partial charge in [0.25, 0.3) is 0 Å². The maximum Gasteiger partial charge on any atom is 0.224 e. The molecule has 4 heteroatoms. The number of ether oxygens (including phenoxy) is 1. The van der Waals surface area contributed by atoms with E-state index in [0.717, 1.165) is 32.5 Å². The van der Waals surface area contributed by atoms with Gasteiger partial charge < -0.3 is 15.4 Å². The third-order valence-electron chi connectivity index (χ3n) is 4.83. The molecule has 0 bridgehead atoms. The Hall–Kier alpha value is -0.610. The van der Waals surface area contributed by atoms with Crippen LogP contribution in [0.4, 0.5) is 0 Å². The molecule has 2 N–H and O–H groups in total. The van der Waals surface area contributed by atoms with Crippen molar-refractivity contribution < 1.29 is 9.53 Å². The molecule has 3 fully saturated rings. The molecule has 3 aliphatic rings. The summed E-state index contributed by atoms with van der Waals surface area (Å²) in [4.78, 5) is 12.1. The summed E-state index contributed by atoms with van der Waals surface area (Å²) in [6, 6.07) is 0.308. The zero-order valence-corrected chi connectivity index (χ0v) is 10.7. The second-order valence-electron chi connectivity index (χ2n) is 6.24. The van der Waals surface area contributed by atoms with Gasteiger partial charge in [0.1, 0.15) is 0 Å². The summed E-state index contributed by atoms with van der Waals surface area (Å²) in [6.45, 7) is 7.08. The van der Waals surface area contributed by atoms with Crippen molar-refractivity contribution in [3.05, 3.63) is 0 Å². The number of carbonyl (C=O) groups is 1. The molecule has 0 aromatic carbocycles. The first-order chi connectivity index (χ1) is 8.10. The van der Waals surface area contributed by atoms with Crippen LogP contribution in [-0.2, 0) is 9.53 Å². The van der Waals surface area contributed by atoms with Gasteiger partial charge in [-0.25, -0.2) is 0 Å². The topological polar surface area (TPSA) is 50.4 Å². The van der Waals surface area contributed by atoms with E-state index in [1.165, 1.54) is 0 Å². The number of hydrogen-bond acceptors (Lipinski definition) is 3. The lowest BCUT2D eigenvalue weighted by Crippen LogP contribution is -2.67. The van der Waals surface area contributed by atoms with Crippen LogP contribution in [0.2, 0.25) is 0 Å². The predicted molar refractivity (Wildman–Crippen MR) is 64.5 cm³/mol. The van der Waals surface area contributed by atoms with E-state index in [0.29, 0.717) is 18.1 Å². The number of rotatable bonds is 2. The molecule has 1 saturated carbocycles. The molecule has 0 radical (unpaired) electrons. The summed E-state index contributed by atoms with van der Waals surface area (Å²) in [6.07, 6.45) is 2.43. The minimum absolute atomic E-state index is 0.100. The molecule has 17 heavy (non-hydrogen) atoms. The van der Waals surface area contributed by atoms with Crippen LogP contribution in [0.5, 0.6) is 0 Å². The molecule has 4 atom stereocenters. The second kappa shape index (κ2) is 3.95. The van der Waals surface area contributed by atoms with Crippen LogP contribution in [0.15, 0.2) is 0 Å². The first-order valence-electron chi connectivity index (χ1n) is 6.73. The number of amides is 1. The average molecular weight is 238 g/mol. The Balaban J connectivity index is 1.63. The van der Waals surface area contributed by atoms with Gasteiger partial charge in [0.2, 0.25) is 5.91 Å². The first kappa shape index (κ1) is 11.5. The number of hydrogen-bond donors (Lipinski definition) is 2. The quantitative estimate of drug-likeness (QED) is 0.737. The van der Waals surface area contributed by atoms with Crippen molar-refractivity contribution in [1.29, 1.82) is 0 Å². The molecule has 96 valence electrons. The summed E-state index contributed by atoms with van der Waals surface area (Å²) in [5, 5.41) is 6.51. The minimum atomic E-state index is 0.100. The van der Waals surface area contributed by atoms with Crippen molar-refractivity contribution in [2.45, 2.75) is 38.8 Å². The Morgan fingerprint density at radius 3 is 2.94 bits per heavy atom. The van der Waals surface area contributed by atoms with E-state index in [9.17, 15) is 4.79 Å². The smallest absolute Gasteiger partial charge is 0.224 e. The highest BCUT2D eigenvalue weighted by Crippen LogP contribution is 2.52. The van der Waals surface area contributed by atoms with Crippen LogP contribution in [-0.4, -0.2) is 37.7 Å². The third kappa shape index (κ3) is 1.69. The van der Waals surface area contributed by atoms with Crippen LogP contribution in [0, 0.1) is 17.3 Å². The molecule has 0 aromatic rings. The van der Waals surface area contributed by atoms with Gasteiger partial charge >= 0.3 is 0 Å². The van der Waals surface area contributed by atoms with Crippen LogP contribution in [0.25, 0.3) is 0 Å². The van der Waals surface area contributed by atoms with E-state index in [1.807, 2.05) is 0 Å². The lowest BCUT2D eigenvalue weighted by atomic mass is 9.57. The highest BCUT2D eigenvalue weighted by molar-refractivity contribution is 5.79. The van der Waals surface area contributed by atoms with E-state index in [1.54, 1.807) is 0 Å². The summed E-state index contributed by atoms with van der Waals surface area (Å²) in [5.41, 5.74) is 0.100. The van der Waals surface area contributed by atoms with Crippen molar-refractivity contribution in [2.75, 3.05) is 19.7 Å². The summed E-state index contributed by atoms with van der Waals surface area (Å²) in [5.74, 6) is 0.953. The largest absolute Gasteiger partial charge is 0.377 e. The molecule has 1 aliphatic carbocycles. The van der Waals surface area contributed by atoms with Crippen molar-refractivity contribution in [3.8, 4) is 0 Å². The van der Waals surface area contributed by atoms with E-state index < -0.39 is 0 Å². The Labute approximate surface area is 102 Å². The fraction of sp³-hybridized carbons (Fsp3) is 0.923.